The summed E-state index contributed by atoms with van der Waals surface area (Å²) in [6.07, 6.45) is 1.72. The first-order valence-corrected chi connectivity index (χ1v) is 10.6. The number of rotatable bonds is 5. The standard InChI is InChI=1S/C21H18ClN5O2S/c1-12-18(8-19(30-12)21(28)24-13-10-29-11-13)27-17-6-7-20(26-16(17)9-23-27)25-15-5-3-2-4-14(15)22/h2-9,13H,10-11H2,1H3,(H,24,28)(H,25,26). The molecule has 0 atom stereocenters. The number of fused-ring (bicyclic) bond motifs is 1. The number of thiophene rings is 1. The van der Waals surface area contributed by atoms with E-state index in [2.05, 4.69) is 20.7 Å². The molecule has 0 spiro atoms. The quantitative estimate of drug-likeness (QED) is 0.484. The summed E-state index contributed by atoms with van der Waals surface area (Å²) < 4.78 is 6.93. The Morgan fingerprint density at radius 2 is 2.10 bits per heavy atom. The number of nitrogens with one attached hydrogen (secondary N) is 2. The highest BCUT2D eigenvalue weighted by Gasteiger charge is 2.23. The summed E-state index contributed by atoms with van der Waals surface area (Å²) in [4.78, 5) is 18.8. The Morgan fingerprint density at radius 1 is 1.27 bits per heavy atom. The van der Waals surface area contributed by atoms with Crippen LogP contribution >= 0.6 is 22.9 Å². The van der Waals surface area contributed by atoms with Gasteiger partial charge < -0.3 is 15.4 Å². The molecule has 152 valence electrons. The number of hydrogen-bond donors (Lipinski definition) is 2. The third-order valence-corrected chi connectivity index (χ3v) is 6.25. The number of aryl methyl sites for hydroxylation is 1. The van der Waals surface area contributed by atoms with Gasteiger partial charge in [-0.05, 0) is 37.3 Å². The van der Waals surface area contributed by atoms with Gasteiger partial charge in [0, 0.05) is 4.88 Å². The van der Waals surface area contributed by atoms with Gasteiger partial charge in [0.25, 0.3) is 5.91 Å². The number of halogens is 1. The van der Waals surface area contributed by atoms with Crippen LogP contribution in [0.15, 0.2) is 48.7 Å². The van der Waals surface area contributed by atoms with E-state index >= 15 is 0 Å². The minimum atomic E-state index is -0.0801. The van der Waals surface area contributed by atoms with Crippen molar-refractivity contribution < 1.29 is 9.53 Å². The van der Waals surface area contributed by atoms with Crippen LogP contribution in [0.25, 0.3) is 16.7 Å². The second kappa shape index (κ2) is 7.71. The minimum Gasteiger partial charge on any atom is -0.377 e. The van der Waals surface area contributed by atoms with E-state index in [4.69, 9.17) is 16.3 Å². The number of carbonyl (C=O) groups is 1. The van der Waals surface area contributed by atoms with Crippen LogP contribution in [0.3, 0.4) is 0 Å². The number of nitrogens with zero attached hydrogens (tertiary/aromatic N) is 3. The highest BCUT2D eigenvalue weighted by Crippen LogP contribution is 2.29. The summed E-state index contributed by atoms with van der Waals surface area (Å²) >= 11 is 7.67. The van der Waals surface area contributed by atoms with Crippen LogP contribution < -0.4 is 10.6 Å². The van der Waals surface area contributed by atoms with Crippen molar-refractivity contribution in [3.8, 4) is 5.69 Å². The van der Waals surface area contributed by atoms with Crippen LogP contribution in [-0.4, -0.2) is 39.9 Å². The first-order chi connectivity index (χ1) is 14.6. The van der Waals surface area contributed by atoms with Gasteiger partial charge in [-0.15, -0.1) is 11.3 Å². The van der Waals surface area contributed by atoms with E-state index in [0.717, 1.165) is 27.3 Å². The molecule has 0 aliphatic carbocycles. The molecule has 1 amide bonds. The highest BCUT2D eigenvalue weighted by atomic mass is 35.5. The summed E-state index contributed by atoms with van der Waals surface area (Å²) in [6, 6.07) is 13.3. The molecule has 1 aliphatic heterocycles. The summed E-state index contributed by atoms with van der Waals surface area (Å²) in [7, 11) is 0. The van der Waals surface area contributed by atoms with Crippen LogP contribution in [-0.2, 0) is 4.74 Å². The van der Waals surface area contributed by atoms with Gasteiger partial charge in [-0.1, -0.05) is 23.7 Å². The summed E-state index contributed by atoms with van der Waals surface area (Å²) in [6.45, 7) is 3.13. The molecule has 2 N–H and O–H groups in total. The molecule has 30 heavy (non-hydrogen) atoms. The number of anilines is 2. The number of hydrogen-bond acceptors (Lipinski definition) is 6. The first-order valence-electron chi connectivity index (χ1n) is 9.44. The Morgan fingerprint density at radius 3 is 2.87 bits per heavy atom. The highest BCUT2D eigenvalue weighted by molar-refractivity contribution is 7.14. The van der Waals surface area contributed by atoms with E-state index in [1.165, 1.54) is 11.3 Å². The fourth-order valence-corrected chi connectivity index (χ4v) is 4.33. The lowest BCUT2D eigenvalue weighted by molar-refractivity contribution is -0.00338. The van der Waals surface area contributed by atoms with Gasteiger partial charge in [0.2, 0.25) is 0 Å². The molecule has 0 saturated carbocycles. The fraction of sp³-hybridized carbons (Fsp3) is 0.190. The zero-order chi connectivity index (χ0) is 20.7. The second-order valence-electron chi connectivity index (χ2n) is 7.02. The third kappa shape index (κ3) is 3.54. The van der Waals surface area contributed by atoms with Gasteiger partial charge in [-0.25, -0.2) is 9.67 Å². The SMILES string of the molecule is Cc1sc(C(=O)NC2COC2)cc1-n1ncc2nc(Nc3ccccc3Cl)ccc21. The normalized spacial score (nSPS) is 13.9. The molecule has 1 aliphatic rings. The topological polar surface area (TPSA) is 81.1 Å². The molecule has 0 bridgehead atoms. The van der Waals surface area contributed by atoms with Crippen LogP contribution in [0.2, 0.25) is 5.02 Å². The van der Waals surface area contributed by atoms with Crippen LogP contribution in [0.5, 0.6) is 0 Å². The molecule has 1 aromatic carbocycles. The zero-order valence-electron chi connectivity index (χ0n) is 16.1. The number of carbonyl (C=O) groups excluding carboxylic acids is 1. The number of pyridine rings is 1. The molecule has 9 heteroatoms. The largest absolute Gasteiger partial charge is 0.377 e. The van der Waals surface area contributed by atoms with Crippen molar-refractivity contribution in [2.75, 3.05) is 18.5 Å². The van der Waals surface area contributed by atoms with Gasteiger partial charge in [0.1, 0.15) is 11.3 Å². The van der Waals surface area contributed by atoms with E-state index in [1.807, 2.05) is 54.1 Å². The molecule has 0 radical (unpaired) electrons. The molecule has 5 rings (SSSR count). The Balaban J connectivity index is 1.42. The lowest BCUT2D eigenvalue weighted by Gasteiger charge is -2.26. The molecular weight excluding hydrogens is 422 g/mol. The van der Waals surface area contributed by atoms with E-state index in [0.29, 0.717) is 28.9 Å². The van der Waals surface area contributed by atoms with Crippen LogP contribution in [0.4, 0.5) is 11.5 Å². The fourth-order valence-electron chi connectivity index (χ4n) is 3.25. The van der Waals surface area contributed by atoms with Gasteiger partial charge in [0.05, 0.1) is 52.2 Å². The number of para-hydroxylation sites is 1. The molecule has 1 fully saturated rings. The maximum atomic E-state index is 12.5. The molecule has 1 saturated heterocycles. The first kappa shape index (κ1) is 19.0. The van der Waals surface area contributed by atoms with Crippen molar-refractivity contribution in [2.24, 2.45) is 0 Å². The van der Waals surface area contributed by atoms with Crippen molar-refractivity contribution in [1.29, 1.82) is 0 Å². The van der Waals surface area contributed by atoms with E-state index < -0.39 is 0 Å². The number of ether oxygens (including phenoxy) is 1. The Kier molecular flexibility index (Phi) is 4.90. The van der Waals surface area contributed by atoms with Crippen LogP contribution in [0, 0.1) is 6.92 Å². The zero-order valence-corrected chi connectivity index (χ0v) is 17.6. The Hall–Kier alpha value is -2.94. The van der Waals surface area contributed by atoms with Crippen LogP contribution in [0.1, 0.15) is 14.5 Å². The molecule has 3 aromatic heterocycles. The molecular formula is C21H18ClN5O2S. The predicted molar refractivity (Wildman–Crippen MR) is 118 cm³/mol. The smallest absolute Gasteiger partial charge is 0.261 e. The van der Waals surface area contributed by atoms with Crippen molar-refractivity contribution in [2.45, 2.75) is 13.0 Å². The second-order valence-corrected chi connectivity index (χ2v) is 8.69. The van der Waals surface area contributed by atoms with Gasteiger partial charge in [-0.3, -0.25) is 4.79 Å². The van der Waals surface area contributed by atoms with Gasteiger partial charge in [0.15, 0.2) is 0 Å². The summed E-state index contributed by atoms with van der Waals surface area (Å²) in [5.41, 5.74) is 3.27. The lowest BCUT2D eigenvalue weighted by atomic mass is 10.2. The third-order valence-electron chi connectivity index (χ3n) is 4.88. The van der Waals surface area contributed by atoms with Crippen molar-refractivity contribution in [1.82, 2.24) is 20.1 Å². The van der Waals surface area contributed by atoms with E-state index in [1.54, 1.807) is 6.20 Å². The number of aromatic nitrogens is 3. The maximum absolute atomic E-state index is 12.5. The number of benzene rings is 1. The minimum absolute atomic E-state index is 0.0801. The summed E-state index contributed by atoms with van der Waals surface area (Å²) in [5.74, 6) is 0.600. The average Bonchev–Trinajstić information content (AvgIpc) is 3.29. The Labute approximate surface area is 181 Å². The van der Waals surface area contributed by atoms with E-state index in [-0.39, 0.29) is 11.9 Å². The molecule has 7 nitrogen and oxygen atoms in total. The average molecular weight is 440 g/mol. The van der Waals surface area contributed by atoms with Gasteiger partial charge in [-0.2, -0.15) is 5.10 Å². The maximum Gasteiger partial charge on any atom is 0.261 e. The van der Waals surface area contributed by atoms with Crippen molar-refractivity contribution in [3.05, 3.63) is 63.4 Å². The Bertz CT molecular complexity index is 1250. The molecule has 0 unspecified atom stereocenters. The lowest BCUT2D eigenvalue weighted by Crippen LogP contribution is -2.48. The van der Waals surface area contributed by atoms with Crippen molar-refractivity contribution >= 4 is 51.4 Å². The van der Waals surface area contributed by atoms with Gasteiger partial charge >= 0.3 is 0 Å². The molecule has 4 aromatic rings. The monoisotopic (exact) mass is 439 g/mol. The molecule has 4 heterocycles. The summed E-state index contributed by atoms with van der Waals surface area (Å²) in [5, 5.41) is 11.3. The van der Waals surface area contributed by atoms with Crippen molar-refractivity contribution in [3.63, 3.8) is 0 Å². The predicted octanol–water partition coefficient (Wildman–Crippen LogP) is 4.32. The van der Waals surface area contributed by atoms with E-state index in [9.17, 15) is 4.79 Å². The number of amides is 1.